The first-order valence-corrected chi connectivity index (χ1v) is 9.84. The number of nitrogens with one attached hydrogen (secondary N) is 2. The summed E-state index contributed by atoms with van der Waals surface area (Å²) in [6.45, 7) is 3.80. The van der Waals surface area contributed by atoms with Crippen LogP contribution in [0.3, 0.4) is 0 Å². The summed E-state index contributed by atoms with van der Waals surface area (Å²) in [5.74, 6) is 0.297. The molecular formula is C21H32N2O3. The normalized spacial score (nSPS) is 17.0. The zero-order valence-corrected chi connectivity index (χ0v) is 16.0. The van der Waals surface area contributed by atoms with E-state index in [2.05, 4.69) is 10.6 Å². The molecule has 5 nitrogen and oxygen atoms in total. The van der Waals surface area contributed by atoms with Gasteiger partial charge in [0.2, 0.25) is 5.91 Å². The number of para-hydroxylation sites is 1. The van der Waals surface area contributed by atoms with Crippen molar-refractivity contribution in [3.63, 3.8) is 0 Å². The maximum Gasteiger partial charge on any atom is 0.258 e. The molecule has 1 aliphatic rings. The molecule has 5 heteroatoms. The SMILES string of the molecule is CC(C)[C@H](NC(=O)COc1ccccc1)C(=O)NC1CCCCCCC1. The van der Waals surface area contributed by atoms with Crippen LogP contribution in [-0.2, 0) is 9.59 Å². The molecule has 26 heavy (non-hydrogen) atoms. The van der Waals surface area contributed by atoms with Crippen LogP contribution in [0, 0.1) is 5.92 Å². The Balaban J connectivity index is 1.83. The molecule has 1 aromatic carbocycles. The van der Waals surface area contributed by atoms with E-state index in [9.17, 15) is 9.59 Å². The third kappa shape index (κ3) is 7.06. The fourth-order valence-corrected chi connectivity index (χ4v) is 3.31. The lowest BCUT2D eigenvalue weighted by Crippen LogP contribution is -2.53. The first kappa shape index (κ1) is 20.3. The number of ether oxygens (including phenoxy) is 1. The number of carbonyl (C=O) groups is 2. The van der Waals surface area contributed by atoms with E-state index in [0.717, 1.165) is 25.7 Å². The number of benzene rings is 1. The predicted molar refractivity (Wildman–Crippen MR) is 103 cm³/mol. The standard InChI is InChI=1S/C21H32N2O3/c1-16(2)20(21(25)22-17-11-7-4-3-5-8-12-17)23-19(24)15-26-18-13-9-6-10-14-18/h6,9-10,13-14,16-17,20H,3-5,7-8,11-12,15H2,1-2H3,(H,22,25)(H,23,24)/t20-/m0/s1. The van der Waals surface area contributed by atoms with Gasteiger partial charge in [0.15, 0.2) is 6.61 Å². The fraction of sp³-hybridized carbons (Fsp3) is 0.619. The first-order chi connectivity index (χ1) is 12.6. The van der Waals surface area contributed by atoms with Crippen LogP contribution >= 0.6 is 0 Å². The Morgan fingerprint density at radius 1 is 1.04 bits per heavy atom. The zero-order valence-electron chi connectivity index (χ0n) is 16.0. The summed E-state index contributed by atoms with van der Waals surface area (Å²) in [4.78, 5) is 24.9. The quantitative estimate of drug-likeness (QED) is 0.783. The van der Waals surface area contributed by atoms with Gasteiger partial charge in [0, 0.05) is 6.04 Å². The fourth-order valence-electron chi connectivity index (χ4n) is 3.31. The molecule has 0 radical (unpaired) electrons. The molecule has 0 bridgehead atoms. The lowest BCUT2D eigenvalue weighted by atomic mass is 9.95. The molecule has 1 aromatic rings. The van der Waals surface area contributed by atoms with Gasteiger partial charge in [-0.2, -0.15) is 0 Å². The summed E-state index contributed by atoms with van der Waals surface area (Å²) in [6, 6.07) is 8.89. The number of amides is 2. The summed E-state index contributed by atoms with van der Waals surface area (Å²) in [5, 5.41) is 5.98. The van der Waals surface area contributed by atoms with Crippen LogP contribution in [0.2, 0.25) is 0 Å². The van der Waals surface area contributed by atoms with Crippen molar-refractivity contribution in [2.45, 2.75) is 70.9 Å². The topological polar surface area (TPSA) is 67.4 Å². The molecular weight excluding hydrogens is 328 g/mol. The molecule has 0 aliphatic heterocycles. The molecule has 2 amide bonds. The van der Waals surface area contributed by atoms with Crippen molar-refractivity contribution >= 4 is 11.8 Å². The molecule has 0 saturated heterocycles. The van der Waals surface area contributed by atoms with Crippen LogP contribution < -0.4 is 15.4 Å². The smallest absolute Gasteiger partial charge is 0.258 e. The second-order valence-corrected chi connectivity index (χ2v) is 7.44. The van der Waals surface area contributed by atoms with Gasteiger partial charge in [0.25, 0.3) is 5.91 Å². The van der Waals surface area contributed by atoms with Gasteiger partial charge in [-0.15, -0.1) is 0 Å². The minimum atomic E-state index is -0.535. The maximum atomic E-state index is 12.7. The highest BCUT2D eigenvalue weighted by molar-refractivity contribution is 5.88. The Bertz CT molecular complexity index is 552. The Hall–Kier alpha value is -2.04. The molecule has 2 N–H and O–H groups in total. The molecule has 1 saturated carbocycles. The molecule has 1 atom stereocenters. The van der Waals surface area contributed by atoms with Crippen molar-refractivity contribution in [1.29, 1.82) is 0 Å². The van der Waals surface area contributed by atoms with Crippen LogP contribution in [0.4, 0.5) is 0 Å². The summed E-state index contributed by atoms with van der Waals surface area (Å²) in [5.41, 5.74) is 0. The first-order valence-electron chi connectivity index (χ1n) is 9.84. The summed E-state index contributed by atoms with van der Waals surface area (Å²) in [6.07, 6.45) is 8.17. The Kier molecular flexibility index (Phi) is 8.45. The largest absolute Gasteiger partial charge is 0.484 e. The third-order valence-corrected chi connectivity index (χ3v) is 4.83. The molecule has 0 unspecified atom stereocenters. The van der Waals surface area contributed by atoms with E-state index in [1.54, 1.807) is 12.1 Å². The van der Waals surface area contributed by atoms with Gasteiger partial charge in [0.05, 0.1) is 0 Å². The number of rotatable bonds is 7. The zero-order chi connectivity index (χ0) is 18.8. The van der Waals surface area contributed by atoms with Crippen molar-refractivity contribution in [2.75, 3.05) is 6.61 Å². The highest BCUT2D eigenvalue weighted by Gasteiger charge is 2.26. The van der Waals surface area contributed by atoms with Crippen molar-refractivity contribution in [3.05, 3.63) is 30.3 Å². The third-order valence-electron chi connectivity index (χ3n) is 4.83. The average Bonchev–Trinajstić information content (AvgIpc) is 2.60. The predicted octanol–water partition coefficient (Wildman–Crippen LogP) is 3.44. The number of hydrogen-bond acceptors (Lipinski definition) is 3. The van der Waals surface area contributed by atoms with E-state index in [0.29, 0.717) is 5.75 Å². The monoisotopic (exact) mass is 360 g/mol. The average molecular weight is 360 g/mol. The second kappa shape index (κ2) is 10.8. The minimum Gasteiger partial charge on any atom is -0.484 e. The lowest BCUT2D eigenvalue weighted by Gasteiger charge is -2.26. The van der Waals surface area contributed by atoms with E-state index < -0.39 is 6.04 Å². The highest BCUT2D eigenvalue weighted by Crippen LogP contribution is 2.17. The minimum absolute atomic E-state index is 0.0178. The highest BCUT2D eigenvalue weighted by atomic mass is 16.5. The molecule has 0 aromatic heterocycles. The molecule has 144 valence electrons. The number of carbonyl (C=O) groups excluding carboxylic acids is 2. The summed E-state index contributed by atoms with van der Waals surface area (Å²) >= 11 is 0. The molecule has 2 rings (SSSR count). The Morgan fingerprint density at radius 2 is 1.65 bits per heavy atom. The van der Waals surface area contributed by atoms with Gasteiger partial charge in [-0.25, -0.2) is 0 Å². The van der Waals surface area contributed by atoms with Crippen LogP contribution in [-0.4, -0.2) is 30.5 Å². The van der Waals surface area contributed by atoms with Gasteiger partial charge in [0.1, 0.15) is 11.8 Å². The van der Waals surface area contributed by atoms with E-state index in [4.69, 9.17) is 4.74 Å². The second-order valence-electron chi connectivity index (χ2n) is 7.44. The van der Waals surface area contributed by atoms with Gasteiger partial charge in [-0.05, 0) is 30.9 Å². The molecule has 1 fully saturated rings. The summed E-state index contributed by atoms with van der Waals surface area (Å²) in [7, 11) is 0. The van der Waals surface area contributed by atoms with Gasteiger partial charge < -0.3 is 15.4 Å². The van der Waals surface area contributed by atoms with Gasteiger partial charge in [-0.3, -0.25) is 9.59 Å². The van der Waals surface area contributed by atoms with Gasteiger partial charge in [-0.1, -0.05) is 64.2 Å². The molecule has 0 spiro atoms. The van der Waals surface area contributed by atoms with E-state index >= 15 is 0 Å². The van der Waals surface area contributed by atoms with Crippen LogP contribution in [0.15, 0.2) is 30.3 Å². The Morgan fingerprint density at radius 3 is 2.27 bits per heavy atom. The van der Waals surface area contributed by atoms with Crippen LogP contribution in [0.5, 0.6) is 5.75 Å². The van der Waals surface area contributed by atoms with Crippen LogP contribution in [0.25, 0.3) is 0 Å². The van der Waals surface area contributed by atoms with Gasteiger partial charge >= 0.3 is 0 Å². The lowest BCUT2D eigenvalue weighted by molar-refractivity contribution is -0.131. The number of hydrogen-bond donors (Lipinski definition) is 2. The summed E-state index contributed by atoms with van der Waals surface area (Å²) < 4.78 is 5.46. The van der Waals surface area contributed by atoms with E-state index in [1.807, 2.05) is 32.0 Å². The molecule has 1 aliphatic carbocycles. The van der Waals surface area contributed by atoms with Crippen molar-refractivity contribution in [1.82, 2.24) is 10.6 Å². The Labute approximate surface area is 156 Å². The maximum absolute atomic E-state index is 12.7. The van der Waals surface area contributed by atoms with Crippen molar-refractivity contribution in [3.8, 4) is 5.75 Å². The van der Waals surface area contributed by atoms with Crippen molar-refractivity contribution < 1.29 is 14.3 Å². The van der Waals surface area contributed by atoms with Crippen molar-refractivity contribution in [2.24, 2.45) is 5.92 Å². The van der Waals surface area contributed by atoms with Crippen LogP contribution in [0.1, 0.15) is 58.8 Å². The van der Waals surface area contributed by atoms with E-state index in [1.165, 1.54) is 19.3 Å². The van der Waals surface area contributed by atoms with E-state index in [-0.39, 0.29) is 30.4 Å². The molecule has 0 heterocycles.